The van der Waals surface area contributed by atoms with Crippen LogP contribution in [0.5, 0.6) is 0 Å². The predicted molar refractivity (Wildman–Crippen MR) is 76.8 cm³/mol. The fourth-order valence-electron chi connectivity index (χ4n) is 1.92. The van der Waals surface area contributed by atoms with Crippen LogP contribution in [0.1, 0.15) is 23.2 Å². The van der Waals surface area contributed by atoms with Crippen LogP contribution in [0, 0.1) is 0 Å². The summed E-state index contributed by atoms with van der Waals surface area (Å²) in [6.07, 6.45) is 2.64. The molecular weight excluding hydrogens is 448 g/mol. The van der Waals surface area contributed by atoms with Gasteiger partial charge in [0, 0.05) is 0 Å². The monoisotopic (exact) mass is 462 g/mol. The Labute approximate surface area is 115 Å². The standard InChI is InChI=1S/C12H14Br2OTe/c13-11-5-3-10(4-6-11)12(15)9-16(14)7-1-2-8-16/h3-6H,1-2,7-9H2. The average molecular weight is 462 g/mol. The van der Waals surface area contributed by atoms with E-state index in [4.69, 9.17) is 0 Å². The first-order valence-corrected chi connectivity index (χ1v) is 16.3. The Balaban J connectivity index is 2.05. The van der Waals surface area contributed by atoms with Gasteiger partial charge in [-0.25, -0.2) is 0 Å². The molecule has 1 aliphatic rings. The fourth-order valence-corrected chi connectivity index (χ4v) is 14.0. The second-order valence-electron chi connectivity index (χ2n) is 4.13. The summed E-state index contributed by atoms with van der Waals surface area (Å²) in [5, 5.41) is 0. The Kier molecular flexibility index (Phi) is 4.51. The summed E-state index contributed by atoms with van der Waals surface area (Å²) in [5.74, 6) is 0.326. The van der Waals surface area contributed by atoms with E-state index in [0.29, 0.717) is 5.78 Å². The maximum absolute atomic E-state index is 12.1. The first-order chi connectivity index (χ1) is 7.59. The first-order valence-electron chi connectivity index (χ1n) is 5.34. The topological polar surface area (TPSA) is 17.1 Å². The summed E-state index contributed by atoms with van der Waals surface area (Å²) in [6, 6.07) is 7.72. The number of benzene rings is 1. The number of carbonyl (C=O) groups is 1. The number of halogens is 2. The Morgan fingerprint density at radius 1 is 1.19 bits per heavy atom. The molecule has 0 unspecified atom stereocenters. The Morgan fingerprint density at radius 2 is 1.75 bits per heavy atom. The number of ketones is 1. The zero-order chi connectivity index (χ0) is 11.6. The van der Waals surface area contributed by atoms with E-state index in [1.807, 2.05) is 24.3 Å². The Hall–Kier alpha value is 0.640. The minimum atomic E-state index is -1.93. The van der Waals surface area contributed by atoms with Crippen molar-refractivity contribution in [1.82, 2.24) is 0 Å². The van der Waals surface area contributed by atoms with E-state index in [2.05, 4.69) is 28.7 Å². The second-order valence-corrected chi connectivity index (χ2v) is 22.8. The van der Waals surface area contributed by atoms with Crippen molar-refractivity contribution in [3.05, 3.63) is 34.3 Å². The van der Waals surface area contributed by atoms with Crippen molar-refractivity contribution in [2.75, 3.05) is 0 Å². The summed E-state index contributed by atoms with van der Waals surface area (Å²) in [7, 11) is 0. The third kappa shape index (κ3) is 3.32. The van der Waals surface area contributed by atoms with Crippen molar-refractivity contribution in [1.29, 1.82) is 0 Å². The van der Waals surface area contributed by atoms with E-state index >= 15 is 0 Å². The molecule has 0 saturated carbocycles. The van der Waals surface area contributed by atoms with E-state index in [9.17, 15) is 4.79 Å². The van der Waals surface area contributed by atoms with Crippen LogP contribution in [0.25, 0.3) is 0 Å². The molecule has 1 heterocycles. The number of Topliss-reactive ketones (excluding diaryl/α,β-unsaturated/α-hetero) is 1. The van der Waals surface area contributed by atoms with Gasteiger partial charge in [-0.15, -0.1) is 0 Å². The van der Waals surface area contributed by atoms with Gasteiger partial charge in [0.2, 0.25) is 0 Å². The number of hydrogen-bond acceptors (Lipinski definition) is 1. The summed E-state index contributed by atoms with van der Waals surface area (Å²) in [6.45, 7) is 0. The molecular formula is C12H14Br2OTe. The molecule has 1 aromatic carbocycles. The fraction of sp³-hybridized carbons (Fsp3) is 0.417. The van der Waals surface area contributed by atoms with Gasteiger partial charge >= 0.3 is 116 Å². The molecule has 1 fully saturated rings. The third-order valence-corrected chi connectivity index (χ3v) is 17.3. The zero-order valence-electron chi connectivity index (χ0n) is 8.92. The van der Waals surface area contributed by atoms with Crippen LogP contribution in [0.4, 0.5) is 0 Å². The molecule has 88 valence electrons. The van der Waals surface area contributed by atoms with Gasteiger partial charge in [0.15, 0.2) is 0 Å². The number of carbonyl (C=O) groups excluding carboxylic acids is 1. The van der Waals surface area contributed by atoms with Gasteiger partial charge < -0.3 is 0 Å². The summed E-state index contributed by atoms with van der Waals surface area (Å²) in [5.41, 5.74) is 0.861. The average Bonchev–Trinajstić information content (AvgIpc) is 2.65. The second kappa shape index (κ2) is 5.52. The molecule has 1 aromatic rings. The van der Waals surface area contributed by atoms with Gasteiger partial charge in [0.05, 0.1) is 0 Å². The molecule has 0 atom stereocenters. The molecule has 0 spiro atoms. The van der Waals surface area contributed by atoms with Crippen molar-refractivity contribution >= 4 is 50.4 Å². The van der Waals surface area contributed by atoms with Gasteiger partial charge in [-0.05, 0) is 0 Å². The van der Waals surface area contributed by atoms with Crippen LogP contribution in [-0.2, 0) is 0 Å². The molecule has 0 radical (unpaired) electrons. The van der Waals surface area contributed by atoms with Crippen LogP contribution >= 0.6 is 28.7 Å². The van der Waals surface area contributed by atoms with Gasteiger partial charge in [0.25, 0.3) is 0 Å². The van der Waals surface area contributed by atoms with Crippen molar-refractivity contribution in [2.24, 2.45) is 0 Å². The van der Waals surface area contributed by atoms with Crippen molar-refractivity contribution in [2.45, 2.75) is 26.2 Å². The van der Waals surface area contributed by atoms with Crippen LogP contribution in [-0.4, -0.2) is 21.8 Å². The third-order valence-electron chi connectivity index (χ3n) is 2.83. The number of rotatable bonds is 3. The normalized spacial score (nSPS) is 20.6. The van der Waals surface area contributed by atoms with Gasteiger partial charge in [-0.3, -0.25) is 0 Å². The summed E-state index contributed by atoms with van der Waals surface area (Å²) < 4.78 is 4.46. The summed E-state index contributed by atoms with van der Waals surface area (Å²) >= 11 is 5.37. The minimum absolute atomic E-state index is 0.326. The van der Waals surface area contributed by atoms with Gasteiger partial charge in [0.1, 0.15) is 0 Å². The van der Waals surface area contributed by atoms with Crippen LogP contribution in [0.3, 0.4) is 0 Å². The van der Waals surface area contributed by atoms with Crippen molar-refractivity contribution in [3.63, 3.8) is 0 Å². The molecule has 4 heteroatoms. The van der Waals surface area contributed by atoms with E-state index in [0.717, 1.165) is 14.5 Å². The van der Waals surface area contributed by atoms with Crippen LogP contribution in [0.2, 0.25) is 13.4 Å². The van der Waals surface area contributed by atoms with Crippen molar-refractivity contribution in [3.8, 4) is 0 Å². The molecule has 0 N–H and O–H groups in total. The summed E-state index contributed by atoms with van der Waals surface area (Å²) in [4.78, 5) is 12.1. The molecule has 1 nitrogen and oxygen atoms in total. The van der Waals surface area contributed by atoms with Gasteiger partial charge in [-0.1, -0.05) is 0 Å². The van der Waals surface area contributed by atoms with E-state index < -0.39 is 16.0 Å². The maximum atomic E-state index is 12.1. The molecule has 1 aliphatic heterocycles. The molecule has 0 bridgehead atoms. The Morgan fingerprint density at radius 3 is 2.31 bits per heavy atom. The molecule has 0 aliphatic carbocycles. The SMILES string of the molecule is O=C(C[Te]1(Br)CCCC1)c1ccc(Br)cc1. The van der Waals surface area contributed by atoms with E-state index in [1.165, 1.54) is 21.8 Å². The van der Waals surface area contributed by atoms with Crippen LogP contribution in [0.15, 0.2) is 28.7 Å². The van der Waals surface area contributed by atoms with E-state index in [1.54, 1.807) is 0 Å². The molecule has 0 amide bonds. The number of hydrogen-bond donors (Lipinski definition) is 0. The molecule has 2 rings (SSSR count). The van der Waals surface area contributed by atoms with Crippen molar-refractivity contribution < 1.29 is 4.79 Å². The van der Waals surface area contributed by atoms with Crippen LogP contribution < -0.4 is 0 Å². The first kappa shape index (κ1) is 13.1. The zero-order valence-corrected chi connectivity index (χ0v) is 14.4. The molecule has 16 heavy (non-hydrogen) atoms. The predicted octanol–water partition coefficient (Wildman–Crippen LogP) is 4.77. The Bertz CT molecular complexity index is 383. The van der Waals surface area contributed by atoms with Gasteiger partial charge in [-0.2, -0.15) is 0 Å². The van der Waals surface area contributed by atoms with E-state index in [-0.39, 0.29) is 0 Å². The molecule has 1 saturated heterocycles. The molecule has 0 aromatic heterocycles. The quantitative estimate of drug-likeness (QED) is 0.468.